The van der Waals surface area contributed by atoms with E-state index < -0.39 is 12.3 Å². The smallest absolute Gasteiger partial charge is 0.395 e. The molecule has 0 atom stereocenters. The maximum Gasteiger partial charge on any atom is 0.586 e. The Labute approximate surface area is 150 Å². The predicted molar refractivity (Wildman–Crippen MR) is 86.6 cm³/mol. The minimum Gasteiger partial charge on any atom is -0.395 e. The van der Waals surface area contributed by atoms with Gasteiger partial charge < -0.3 is 9.47 Å². The molecule has 0 radical (unpaired) electrons. The summed E-state index contributed by atoms with van der Waals surface area (Å²) in [6.45, 7) is 1.86. The van der Waals surface area contributed by atoms with Crippen LogP contribution in [0.2, 0.25) is 0 Å². The summed E-state index contributed by atoms with van der Waals surface area (Å²) in [6, 6.07) is 3.94. The monoisotopic (exact) mass is 379 g/mol. The Morgan fingerprint density at radius 2 is 2.08 bits per heavy atom. The van der Waals surface area contributed by atoms with Crippen molar-refractivity contribution in [3.05, 3.63) is 52.8 Å². The third-order valence-corrected chi connectivity index (χ3v) is 4.51. The number of aromatic nitrogens is 3. The van der Waals surface area contributed by atoms with Gasteiger partial charge in [-0.1, -0.05) is 0 Å². The van der Waals surface area contributed by atoms with Gasteiger partial charge in [-0.2, -0.15) is 0 Å². The molecular formula is C16H13F2N4O3S+. The normalized spacial score (nSPS) is 15.5. The minimum atomic E-state index is -3.68. The highest BCUT2D eigenvalue weighted by Crippen LogP contribution is 2.41. The van der Waals surface area contributed by atoms with Crippen LogP contribution >= 0.6 is 11.3 Å². The van der Waals surface area contributed by atoms with E-state index >= 15 is 0 Å². The molecule has 1 aromatic carbocycles. The summed E-state index contributed by atoms with van der Waals surface area (Å²) in [5.74, 6) is -0.112. The molecule has 0 unspecified atom stereocenters. The topological polar surface area (TPSA) is 61.6 Å². The number of carbonyl (C=O) groups excluding carboxylic acids is 1. The van der Waals surface area contributed by atoms with Crippen LogP contribution in [-0.4, -0.2) is 21.5 Å². The number of hydrogen-bond donors (Lipinski definition) is 0. The molecule has 0 saturated carbocycles. The van der Waals surface area contributed by atoms with Gasteiger partial charge in [0.15, 0.2) is 11.5 Å². The van der Waals surface area contributed by atoms with E-state index in [0.717, 1.165) is 4.88 Å². The van der Waals surface area contributed by atoms with Gasteiger partial charge in [-0.15, -0.1) is 29.7 Å². The van der Waals surface area contributed by atoms with Crippen LogP contribution in [0.1, 0.15) is 4.88 Å². The number of ether oxygens (including phenoxy) is 2. The van der Waals surface area contributed by atoms with Crippen LogP contribution < -0.4 is 18.8 Å². The van der Waals surface area contributed by atoms with E-state index in [9.17, 15) is 13.6 Å². The third-order valence-electron chi connectivity index (χ3n) is 3.61. The number of aryl methyl sites for hydroxylation is 2. The lowest BCUT2D eigenvalue weighted by molar-refractivity contribution is -0.670. The Balaban J connectivity index is 1.76. The number of alkyl halides is 2. The van der Waals surface area contributed by atoms with Gasteiger partial charge >= 0.3 is 12.3 Å². The standard InChI is InChI=1S/C16H13F2N4O3S/c1-10-8-22(11-3-4-12-13(7-11)25-16(17,18)24-12)15(26-10)19-14(23)21-6-5-20(2)9-21/h3-9H,1-2H3/q+1. The Morgan fingerprint density at radius 1 is 1.31 bits per heavy atom. The maximum atomic E-state index is 13.2. The quantitative estimate of drug-likeness (QED) is 0.610. The van der Waals surface area contributed by atoms with Gasteiger partial charge in [0, 0.05) is 17.1 Å². The van der Waals surface area contributed by atoms with Gasteiger partial charge in [-0.3, -0.25) is 4.57 Å². The predicted octanol–water partition coefficient (Wildman–Crippen LogP) is 2.36. The van der Waals surface area contributed by atoms with Crippen molar-refractivity contribution >= 4 is 17.4 Å². The number of imidazole rings is 1. The van der Waals surface area contributed by atoms with Gasteiger partial charge in [0.05, 0.1) is 12.7 Å². The SMILES string of the molecule is Cc1cn(-c2ccc3c(c2)OC(F)(F)O3)c(=NC(=O)n2cc[n+](C)c2)s1. The van der Waals surface area contributed by atoms with Crippen LogP contribution in [0.3, 0.4) is 0 Å². The zero-order valence-corrected chi connectivity index (χ0v) is 14.5. The lowest BCUT2D eigenvalue weighted by Gasteiger charge is -2.04. The first-order valence-electron chi connectivity index (χ1n) is 7.52. The number of fused-ring (bicyclic) bond motifs is 1. The average molecular weight is 379 g/mol. The molecule has 0 aliphatic carbocycles. The molecule has 1 aliphatic heterocycles. The summed E-state index contributed by atoms with van der Waals surface area (Å²) >= 11 is 1.31. The second-order valence-electron chi connectivity index (χ2n) is 5.67. The third kappa shape index (κ3) is 2.99. The van der Waals surface area contributed by atoms with E-state index in [1.54, 1.807) is 47.2 Å². The highest BCUT2D eigenvalue weighted by atomic mass is 32.1. The molecule has 2 aromatic heterocycles. The molecule has 7 nitrogen and oxygen atoms in total. The zero-order valence-electron chi connectivity index (χ0n) is 13.7. The van der Waals surface area contributed by atoms with Crippen molar-refractivity contribution in [3.8, 4) is 17.2 Å². The van der Waals surface area contributed by atoms with Crippen molar-refractivity contribution in [1.29, 1.82) is 0 Å². The molecule has 0 fully saturated rings. The molecule has 10 heteroatoms. The Kier molecular flexibility index (Phi) is 3.65. The maximum absolute atomic E-state index is 13.2. The van der Waals surface area contributed by atoms with Crippen molar-refractivity contribution in [2.75, 3.05) is 0 Å². The van der Waals surface area contributed by atoms with Crippen LogP contribution in [0.4, 0.5) is 13.6 Å². The van der Waals surface area contributed by atoms with Gasteiger partial charge in [0.1, 0.15) is 12.4 Å². The fourth-order valence-electron chi connectivity index (χ4n) is 2.51. The van der Waals surface area contributed by atoms with Crippen LogP contribution in [0.15, 0.2) is 48.1 Å². The molecule has 1 aliphatic rings. The largest absolute Gasteiger partial charge is 0.586 e. The molecule has 26 heavy (non-hydrogen) atoms. The minimum absolute atomic E-state index is 0.0410. The van der Waals surface area contributed by atoms with E-state index in [-0.39, 0.29) is 11.5 Å². The fraction of sp³-hybridized carbons (Fsp3) is 0.188. The number of halogens is 2. The van der Waals surface area contributed by atoms with E-state index in [1.807, 2.05) is 6.92 Å². The van der Waals surface area contributed by atoms with Gasteiger partial charge in [-0.25, -0.2) is 9.36 Å². The molecule has 0 bridgehead atoms. The van der Waals surface area contributed by atoms with Gasteiger partial charge in [0.2, 0.25) is 4.80 Å². The summed E-state index contributed by atoms with van der Waals surface area (Å²) in [5, 5.41) is 0. The van der Waals surface area contributed by atoms with Crippen LogP contribution in [0.5, 0.6) is 11.5 Å². The summed E-state index contributed by atoms with van der Waals surface area (Å²) in [4.78, 5) is 17.8. The summed E-state index contributed by atoms with van der Waals surface area (Å²) < 4.78 is 40.0. The Morgan fingerprint density at radius 3 is 2.81 bits per heavy atom. The molecule has 3 heterocycles. The van der Waals surface area contributed by atoms with E-state index in [0.29, 0.717) is 10.5 Å². The molecule has 0 spiro atoms. The summed E-state index contributed by atoms with van der Waals surface area (Å²) in [5.41, 5.74) is 0.527. The molecule has 3 aromatic rings. The number of amides is 1. The second-order valence-corrected chi connectivity index (χ2v) is 6.89. The van der Waals surface area contributed by atoms with Crippen molar-refractivity contribution in [2.45, 2.75) is 13.2 Å². The molecule has 1 amide bonds. The van der Waals surface area contributed by atoms with Gasteiger partial charge in [-0.05, 0) is 19.1 Å². The first kappa shape index (κ1) is 16.5. The molecule has 0 N–H and O–H groups in total. The van der Waals surface area contributed by atoms with Gasteiger partial charge in [0.25, 0.3) is 6.33 Å². The molecule has 134 valence electrons. The lowest BCUT2D eigenvalue weighted by Crippen LogP contribution is -2.26. The van der Waals surface area contributed by atoms with E-state index in [4.69, 9.17) is 0 Å². The Hall–Kier alpha value is -3.01. The van der Waals surface area contributed by atoms with Crippen LogP contribution in [0.25, 0.3) is 5.69 Å². The summed E-state index contributed by atoms with van der Waals surface area (Å²) in [6.07, 6.45) is 3.00. The molecule has 4 rings (SSSR count). The Bertz CT molecular complexity index is 1080. The van der Waals surface area contributed by atoms with Crippen molar-refractivity contribution < 1.29 is 27.6 Å². The van der Waals surface area contributed by atoms with Crippen LogP contribution in [0, 0.1) is 6.92 Å². The molecular weight excluding hydrogens is 366 g/mol. The first-order valence-corrected chi connectivity index (χ1v) is 8.34. The number of hydrogen-bond acceptors (Lipinski definition) is 4. The number of rotatable bonds is 1. The number of thiazole rings is 1. The number of benzene rings is 1. The highest BCUT2D eigenvalue weighted by Gasteiger charge is 2.43. The molecule has 0 saturated heterocycles. The summed E-state index contributed by atoms with van der Waals surface area (Å²) in [7, 11) is 1.79. The zero-order chi connectivity index (χ0) is 18.5. The van der Waals surface area contributed by atoms with E-state index in [2.05, 4.69) is 14.5 Å². The van der Waals surface area contributed by atoms with E-state index in [1.165, 1.54) is 28.0 Å². The average Bonchev–Trinajstić information content (AvgIpc) is 3.22. The fourth-order valence-corrected chi connectivity index (χ4v) is 3.33. The van der Waals surface area contributed by atoms with Crippen molar-refractivity contribution in [1.82, 2.24) is 9.13 Å². The second kappa shape index (κ2) is 5.77. The van der Waals surface area contributed by atoms with Crippen molar-refractivity contribution in [2.24, 2.45) is 12.0 Å². The lowest BCUT2D eigenvalue weighted by atomic mass is 10.3. The highest BCUT2D eigenvalue weighted by molar-refractivity contribution is 7.09. The number of carbonyl (C=O) groups is 1. The number of nitrogens with zero attached hydrogens (tertiary/aromatic N) is 4. The first-order chi connectivity index (χ1) is 12.3. The van der Waals surface area contributed by atoms with Crippen LogP contribution in [-0.2, 0) is 7.05 Å². The van der Waals surface area contributed by atoms with Crippen molar-refractivity contribution in [3.63, 3.8) is 0 Å².